The summed E-state index contributed by atoms with van der Waals surface area (Å²) in [7, 11) is 1.61. The molecule has 7 nitrogen and oxygen atoms in total. The number of nitrogens with zero attached hydrogens (tertiary/aromatic N) is 2. The Morgan fingerprint density at radius 1 is 1.28 bits per heavy atom. The number of urea groups is 1. The van der Waals surface area contributed by atoms with Crippen LogP contribution in [-0.4, -0.2) is 81.6 Å². The molecule has 0 spiro atoms. The van der Waals surface area contributed by atoms with Crippen LogP contribution in [0.5, 0.6) is 5.75 Å². The van der Waals surface area contributed by atoms with Crippen LogP contribution in [0.2, 0.25) is 0 Å². The first-order chi connectivity index (χ1) is 12.2. The molecule has 0 bridgehead atoms. The minimum absolute atomic E-state index is 0.0842. The first kappa shape index (κ1) is 18.0. The summed E-state index contributed by atoms with van der Waals surface area (Å²) >= 11 is 0. The van der Waals surface area contributed by atoms with Gasteiger partial charge in [-0.1, -0.05) is 6.07 Å². The predicted octanol–water partition coefficient (Wildman–Crippen LogP) is 1.57. The number of anilines is 1. The van der Waals surface area contributed by atoms with Crippen molar-refractivity contribution in [3.63, 3.8) is 0 Å². The Morgan fingerprint density at radius 2 is 2.08 bits per heavy atom. The van der Waals surface area contributed by atoms with Gasteiger partial charge in [0.1, 0.15) is 5.75 Å². The zero-order valence-electron chi connectivity index (χ0n) is 15.0. The van der Waals surface area contributed by atoms with Gasteiger partial charge in [0, 0.05) is 32.7 Å². The van der Waals surface area contributed by atoms with E-state index in [0.29, 0.717) is 44.3 Å². The van der Waals surface area contributed by atoms with E-state index < -0.39 is 0 Å². The van der Waals surface area contributed by atoms with Crippen LogP contribution in [0.4, 0.5) is 10.5 Å². The number of ether oxygens (including phenoxy) is 3. The molecule has 2 fully saturated rings. The van der Waals surface area contributed by atoms with E-state index in [0.717, 1.165) is 25.2 Å². The highest BCUT2D eigenvalue weighted by Gasteiger charge is 2.25. The zero-order valence-corrected chi connectivity index (χ0v) is 15.0. The Balaban J connectivity index is 1.48. The van der Waals surface area contributed by atoms with Crippen molar-refractivity contribution in [3.05, 3.63) is 23.8 Å². The molecule has 138 valence electrons. The third kappa shape index (κ3) is 4.84. The summed E-state index contributed by atoms with van der Waals surface area (Å²) in [6.07, 6.45) is 0.144. The van der Waals surface area contributed by atoms with Gasteiger partial charge < -0.3 is 24.4 Å². The van der Waals surface area contributed by atoms with E-state index >= 15 is 0 Å². The highest BCUT2D eigenvalue weighted by molar-refractivity contribution is 5.91. The Kier molecular flexibility index (Phi) is 6.12. The van der Waals surface area contributed by atoms with E-state index in [-0.39, 0.29) is 12.1 Å². The maximum absolute atomic E-state index is 12.5. The second-order valence-corrected chi connectivity index (χ2v) is 6.49. The summed E-state index contributed by atoms with van der Waals surface area (Å²) in [4.78, 5) is 16.7. The molecule has 1 aromatic carbocycles. The molecule has 0 unspecified atom stereocenters. The number of amides is 2. The monoisotopic (exact) mass is 349 g/mol. The Bertz CT molecular complexity index is 582. The second kappa shape index (κ2) is 8.51. The number of hydrogen-bond donors (Lipinski definition) is 1. The summed E-state index contributed by atoms with van der Waals surface area (Å²) in [5, 5.41) is 2.95. The number of aryl methyl sites for hydroxylation is 1. The van der Waals surface area contributed by atoms with Crippen LogP contribution in [-0.2, 0) is 9.47 Å². The van der Waals surface area contributed by atoms with Crippen molar-refractivity contribution in [1.29, 1.82) is 0 Å². The fraction of sp³-hybridized carbons (Fsp3) is 0.611. The standard InChI is InChI=1S/C18H27N3O4/c1-14-3-4-16(17(11-14)23-2)19-18(22)21-7-5-20(6-8-21)12-15-13-24-9-10-25-15/h3-4,11,15H,5-10,12-13H2,1-2H3,(H,19,22)/t15-/m0/s1. The third-order valence-corrected chi connectivity index (χ3v) is 4.60. The fourth-order valence-corrected chi connectivity index (χ4v) is 3.16. The first-order valence-corrected chi connectivity index (χ1v) is 8.78. The molecule has 1 N–H and O–H groups in total. The lowest BCUT2D eigenvalue weighted by Gasteiger charge is -2.37. The Hall–Kier alpha value is -1.83. The molecule has 1 aromatic rings. The first-order valence-electron chi connectivity index (χ1n) is 8.78. The molecular formula is C18H27N3O4. The minimum atomic E-state index is -0.0842. The average molecular weight is 349 g/mol. The van der Waals surface area contributed by atoms with E-state index in [9.17, 15) is 4.79 Å². The molecule has 0 aromatic heterocycles. The maximum Gasteiger partial charge on any atom is 0.322 e. The lowest BCUT2D eigenvalue weighted by molar-refractivity contribution is -0.0992. The number of rotatable bonds is 4. The molecule has 0 aliphatic carbocycles. The van der Waals surface area contributed by atoms with Gasteiger partial charge in [0.2, 0.25) is 0 Å². The molecule has 2 aliphatic rings. The average Bonchev–Trinajstić information content (AvgIpc) is 2.64. The number of hydrogen-bond acceptors (Lipinski definition) is 5. The van der Waals surface area contributed by atoms with Gasteiger partial charge in [-0.05, 0) is 24.6 Å². The molecule has 1 atom stereocenters. The van der Waals surface area contributed by atoms with Crippen LogP contribution in [0.3, 0.4) is 0 Å². The van der Waals surface area contributed by atoms with Crippen molar-refractivity contribution in [2.45, 2.75) is 13.0 Å². The van der Waals surface area contributed by atoms with Crippen LogP contribution >= 0.6 is 0 Å². The highest BCUT2D eigenvalue weighted by atomic mass is 16.6. The van der Waals surface area contributed by atoms with Crippen molar-refractivity contribution < 1.29 is 19.0 Å². The fourth-order valence-electron chi connectivity index (χ4n) is 3.16. The van der Waals surface area contributed by atoms with Crippen LogP contribution in [0.1, 0.15) is 5.56 Å². The maximum atomic E-state index is 12.5. The van der Waals surface area contributed by atoms with Crippen molar-refractivity contribution in [3.8, 4) is 5.75 Å². The van der Waals surface area contributed by atoms with Crippen LogP contribution in [0.15, 0.2) is 18.2 Å². The van der Waals surface area contributed by atoms with Gasteiger partial charge >= 0.3 is 6.03 Å². The molecule has 2 heterocycles. The molecule has 7 heteroatoms. The van der Waals surface area contributed by atoms with Crippen molar-refractivity contribution in [1.82, 2.24) is 9.80 Å². The van der Waals surface area contributed by atoms with Crippen LogP contribution in [0, 0.1) is 6.92 Å². The third-order valence-electron chi connectivity index (χ3n) is 4.60. The number of benzene rings is 1. The smallest absolute Gasteiger partial charge is 0.322 e. The van der Waals surface area contributed by atoms with E-state index in [1.807, 2.05) is 30.0 Å². The van der Waals surface area contributed by atoms with Crippen molar-refractivity contribution in [2.75, 3.05) is 65.0 Å². The largest absolute Gasteiger partial charge is 0.495 e. The topological polar surface area (TPSA) is 63.3 Å². The summed E-state index contributed by atoms with van der Waals surface area (Å²) < 4.78 is 16.5. The van der Waals surface area contributed by atoms with Crippen molar-refractivity contribution in [2.24, 2.45) is 0 Å². The molecule has 0 radical (unpaired) electrons. The van der Waals surface area contributed by atoms with E-state index in [1.54, 1.807) is 7.11 Å². The molecule has 2 amide bonds. The molecule has 2 saturated heterocycles. The van der Waals surface area contributed by atoms with Crippen LogP contribution in [0.25, 0.3) is 0 Å². The minimum Gasteiger partial charge on any atom is -0.495 e. The van der Waals surface area contributed by atoms with Gasteiger partial charge in [-0.3, -0.25) is 4.90 Å². The summed E-state index contributed by atoms with van der Waals surface area (Å²) in [5.41, 5.74) is 1.80. The second-order valence-electron chi connectivity index (χ2n) is 6.49. The number of methoxy groups -OCH3 is 1. The number of nitrogens with one attached hydrogen (secondary N) is 1. The van der Waals surface area contributed by atoms with E-state index in [4.69, 9.17) is 14.2 Å². The van der Waals surface area contributed by atoms with Gasteiger partial charge in [0.05, 0.1) is 38.7 Å². The van der Waals surface area contributed by atoms with Gasteiger partial charge in [-0.2, -0.15) is 0 Å². The Morgan fingerprint density at radius 3 is 2.76 bits per heavy atom. The predicted molar refractivity (Wildman–Crippen MR) is 95.3 cm³/mol. The van der Waals surface area contributed by atoms with Crippen molar-refractivity contribution >= 4 is 11.7 Å². The lowest BCUT2D eigenvalue weighted by atomic mass is 10.2. The summed E-state index contributed by atoms with van der Waals surface area (Å²) in [6.45, 7) is 7.97. The molecule has 3 rings (SSSR count). The zero-order chi connectivity index (χ0) is 17.6. The van der Waals surface area contributed by atoms with Gasteiger partial charge in [0.25, 0.3) is 0 Å². The van der Waals surface area contributed by atoms with Gasteiger partial charge in [-0.25, -0.2) is 4.79 Å². The van der Waals surface area contributed by atoms with E-state index in [2.05, 4.69) is 10.2 Å². The molecule has 0 saturated carbocycles. The highest BCUT2D eigenvalue weighted by Crippen LogP contribution is 2.25. The summed E-state index contributed by atoms with van der Waals surface area (Å²) in [5.74, 6) is 0.682. The SMILES string of the molecule is COc1cc(C)ccc1NC(=O)N1CCN(C[C@H]2COCCO2)CC1. The summed E-state index contributed by atoms with van der Waals surface area (Å²) in [6, 6.07) is 5.67. The molecule has 2 aliphatic heterocycles. The number of piperazine rings is 1. The van der Waals surface area contributed by atoms with Gasteiger partial charge in [0.15, 0.2) is 0 Å². The van der Waals surface area contributed by atoms with Gasteiger partial charge in [-0.15, -0.1) is 0 Å². The molecule has 25 heavy (non-hydrogen) atoms. The van der Waals surface area contributed by atoms with Crippen LogP contribution < -0.4 is 10.1 Å². The lowest BCUT2D eigenvalue weighted by Crippen LogP contribution is -2.52. The quantitative estimate of drug-likeness (QED) is 0.894. The number of carbonyl (C=O) groups is 1. The normalized spacial score (nSPS) is 21.8. The Labute approximate surface area is 148 Å². The number of carbonyl (C=O) groups excluding carboxylic acids is 1. The van der Waals surface area contributed by atoms with E-state index in [1.165, 1.54) is 0 Å². The molecular weight excluding hydrogens is 322 g/mol.